The van der Waals surface area contributed by atoms with Crippen molar-refractivity contribution >= 4 is 23.1 Å². The van der Waals surface area contributed by atoms with Gasteiger partial charge >= 0.3 is 6.09 Å². The highest BCUT2D eigenvalue weighted by atomic mass is 32.1. The third-order valence-corrected chi connectivity index (χ3v) is 6.11. The van der Waals surface area contributed by atoms with Gasteiger partial charge in [-0.3, -0.25) is 9.80 Å². The summed E-state index contributed by atoms with van der Waals surface area (Å²) < 4.78 is 5.41. The zero-order chi connectivity index (χ0) is 17.9. The third kappa shape index (κ3) is 3.77. The molecule has 1 amide bonds. The minimum atomic E-state index is -0.667. The van der Waals surface area contributed by atoms with Gasteiger partial charge in [0.05, 0.1) is 5.69 Å². The van der Waals surface area contributed by atoms with Crippen molar-refractivity contribution in [3.05, 3.63) is 51.7 Å². The molecule has 1 N–H and O–H groups in total. The number of anilines is 1. The summed E-state index contributed by atoms with van der Waals surface area (Å²) in [7, 11) is 0. The number of para-hydroxylation sites is 1. The Balaban J connectivity index is 1.28. The van der Waals surface area contributed by atoms with Crippen LogP contribution < -0.4 is 4.90 Å². The van der Waals surface area contributed by atoms with Crippen LogP contribution in [0.25, 0.3) is 0 Å². The van der Waals surface area contributed by atoms with Crippen LogP contribution in [0.5, 0.6) is 0 Å². The Bertz CT molecular complexity index is 776. The monoisotopic (exact) mass is 372 g/mol. The summed E-state index contributed by atoms with van der Waals surface area (Å²) in [6, 6.07) is 10.1. The lowest BCUT2D eigenvalue weighted by Gasteiger charge is -2.30. The van der Waals surface area contributed by atoms with Gasteiger partial charge in [0.15, 0.2) is 0 Å². The first-order valence-electron chi connectivity index (χ1n) is 9.18. The van der Waals surface area contributed by atoms with E-state index < -0.39 is 6.10 Å². The Morgan fingerprint density at radius 2 is 2.08 bits per heavy atom. The first kappa shape index (κ1) is 17.5. The van der Waals surface area contributed by atoms with Crippen molar-refractivity contribution in [1.82, 2.24) is 4.90 Å². The average Bonchev–Trinajstić information content (AvgIpc) is 3.13. The summed E-state index contributed by atoms with van der Waals surface area (Å²) >= 11 is 1.81. The lowest BCUT2D eigenvalue weighted by atomic mass is 10.0. The van der Waals surface area contributed by atoms with Gasteiger partial charge in [0.25, 0.3) is 0 Å². The van der Waals surface area contributed by atoms with Gasteiger partial charge in [-0.05, 0) is 47.9 Å². The van der Waals surface area contributed by atoms with E-state index in [1.807, 2.05) is 18.2 Å². The van der Waals surface area contributed by atoms with Crippen LogP contribution in [0.2, 0.25) is 0 Å². The highest BCUT2D eigenvalue weighted by Gasteiger charge is 2.25. The van der Waals surface area contributed by atoms with Gasteiger partial charge < -0.3 is 9.84 Å². The standard InChI is InChI=1S/C20H24N2O3S/c23-17(13-21-10-7-19-16(12-21)8-11-26-19)14-25-20(24)22-9-3-5-15-4-1-2-6-18(15)22/h1-2,4,6,8,11,17,23H,3,5,7,9-10,12-14H2. The number of rotatable bonds is 4. The van der Waals surface area contributed by atoms with E-state index >= 15 is 0 Å². The zero-order valence-electron chi connectivity index (χ0n) is 14.8. The first-order valence-corrected chi connectivity index (χ1v) is 10.1. The topological polar surface area (TPSA) is 53.0 Å². The molecule has 1 aromatic heterocycles. The summed E-state index contributed by atoms with van der Waals surface area (Å²) in [6.07, 6.45) is 1.92. The first-order chi connectivity index (χ1) is 12.7. The summed E-state index contributed by atoms with van der Waals surface area (Å²) in [5, 5.41) is 12.4. The van der Waals surface area contributed by atoms with E-state index in [0.29, 0.717) is 13.1 Å². The molecule has 0 bridgehead atoms. The average molecular weight is 372 g/mol. The zero-order valence-corrected chi connectivity index (χ0v) is 15.6. The second-order valence-electron chi connectivity index (χ2n) is 6.97. The fourth-order valence-corrected chi connectivity index (χ4v) is 4.67. The largest absolute Gasteiger partial charge is 0.446 e. The van der Waals surface area contributed by atoms with Crippen LogP contribution in [0.3, 0.4) is 0 Å². The summed E-state index contributed by atoms with van der Waals surface area (Å²) in [4.78, 5) is 17.8. The number of thiophene rings is 1. The molecule has 0 spiro atoms. The van der Waals surface area contributed by atoms with Gasteiger partial charge in [-0.25, -0.2) is 4.79 Å². The van der Waals surface area contributed by atoms with Gasteiger partial charge in [-0.15, -0.1) is 11.3 Å². The van der Waals surface area contributed by atoms with E-state index in [1.54, 1.807) is 16.2 Å². The van der Waals surface area contributed by atoms with Crippen LogP contribution in [0.1, 0.15) is 22.4 Å². The van der Waals surface area contributed by atoms with Gasteiger partial charge in [-0.1, -0.05) is 18.2 Å². The third-order valence-electron chi connectivity index (χ3n) is 5.09. The maximum Gasteiger partial charge on any atom is 0.414 e. The lowest BCUT2D eigenvalue weighted by Crippen LogP contribution is -2.40. The van der Waals surface area contributed by atoms with Gasteiger partial charge in [0.1, 0.15) is 12.7 Å². The molecular weight excluding hydrogens is 348 g/mol. The molecule has 3 heterocycles. The van der Waals surface area contributed by atoms with Crippen LogP contribution in [0.15, 0.2) is 35.7 Å². The SMILES string of the molecule is O=C(OCC(O)CN1CCc2sccc2C1)N1CCCc2ccccc21. The fraction of sp³-hybridized carbons (Fsp3) is 0.450. The Labute approximate surface area is 157 Å². The maximum absolute atomic E-state index is 12.5. The number of ether oxygens (including phenoxy) is 1. The number of benzene rings is 1. The van der Waals surface area contributed by atoms with E-state index in [2.05, 4.69) is 22.4 Å². The van der Waals surface area contributed by atoms with Crippen LogP contribution in [-0.4, -0.2) is 48.4 Å². The Morgan fingerprint density at radius 1 is 1.19 bits per heavy atom. The van der Waals surface area contributed by atoms with Crippen LogP contribution in [0, 0.1) is 0 Å². The molecule has 4 rings (SSSR count). The second-order valence-corrected chi connectivity index (χ2v) is 7.97. The van der Waals surface area contributed by atoms with Crippen LogP contribution in [-0.2, 0) is 24.1 Å². The number of hydrogen-bond acceptors (Lipinski definition) is 5. The molecule has 26 heavy (non-hydrogen) atoms. The van der Waals surface area contributed by atoms with Crippen molar-refractivity contribution in [3.63, 3.8) is 0 Å². The number of carbonyl (C=O) groups is 1. The predicted octanol–water partition coefficient (Wildman–Crippen LogP) is 3.06. The number of nitrogens with zero attached hydrogens (tertiary/aromatic N) is 2. The van der Waals surface area contributed by atoms with E-state index in [0.717, 1.165) is 38.0 Å². The normalized spacial score (nSPS) is 18.1. The Morgan fingerprint density at radius 3 is 3.00 bits per heavy atom. The molecule has 2 aliphatic heterocycles. The summed E-state index contributed by atoms with van der Waals surface area (Å²) in [5.41, 5.74) is 3.46. The molecule has 0 saturated heterocycles. The maximum atomic E-state index is 12.5. The van der Waals surface area contributed by atoms with Crippen LogP contribution in [0.4, 0.5) is 10.5 Å². The molecule has 138 valence electrons. The molecular formula is C20H24N2O3S. The molecule has 1 aromatic carbocycles. The van der Waals surface area contributed by atoms with Gasteiger partial charge in [-0.2, -0.15) is 0 Å². The molecule has 0 radical (unpaired) electrons. The molecule has 0 fully saturated rings. The Kier molecular flexibility index (Phi) is 5.24. The Hall–Kier alpha value is -1.89. The van der Waals surface area contributed by atoms with Crippen molar-refractivity contribution in [3.8, 4) is 0 Å². The van der Waals surface area contributed by atoms with E-state index in [-0.39, 0.29) is 12.7 Å². The molecule has 0 saturated carbocycles. The molecule has 2 aromatic rings. The lowest BCUT2D eigenvalue weighted by molar-refractivity contribution is 0.0429. The number of carbonyl (C=O) groups excluding carboxylic acids is 1. The van der Waals surface area contributed by atoms with Crippen molar-refractivity contribution in [2.45, 2.75) is 31.9 Å². The van der Waals surface area contributed by atoms with Crippen molar-refractivity contribution in [2.75, 3.05) is 31.1 Å². The molecule has 1 atom stereocenters. The molecule has 0 aliphatic carbocycles. The predicted molar refractivity (Wildman–Crippen MR) is 103 cm³/mol. The van der Waals surface area contributed by atoms with Crippen molar-refractivity contribution < 1.29 is 14.6 Å². The van der Waals surface area contributed by atoms with Gasteiger partial charge in [0.2, 0.25) is 0 Å². The number of aliphatic hydroxyl groups excluding tert-OH is 1. The quantitative estimate of drug-likeness (QED) is 0.896. The number of β-amino-alcohol motifs (C(OH)–C–C–N with tert-alkyl or cyclic N) is 1. The number of aryl methyl sites for hydroxylation is 1. The number of fused-ring (bicyclic) bond motifs is 2. The van der Waals surface area contributed by atoms with E-state index in [9.17, 15) is 9.90 Å². The fourth-order valence-electron chi connectivity index (χ4n) is 3.78. The summed E-state index contributed by atoms with van der Waals surface area (Å²) in [6.45, 7) is 3.03. The second kappa shape index (κ2) is 7.78. The number of amides is 1. The smallest absolute Gasteiger partial charge is 0.414 e. The molecule has 1 unspecified atom stereocenters. The number of aliphatic hydroxyl groups is 1. The molecule has 2 aliphatic rings. The number of hydrogen-bond donors (Lipinski definition) is 1. The minimum absolute atomic E-state index is 0.0322. The highest BCUT2D eigenvalue weighted by molar-refractivity contribution is 7.10. The molecule has 5 nitrogen and oxygen atoms in total. The van der Waals surface area contributed by atoms with Crippen LogP contribution >= 0.6 is 11.3 Å². The van der Waals surface area contributed by atoms with E-state index in [1.165, 1.54) is 16.0 Å². The summed E-state index contributed by atoms with van der Waals surface area (Å²) in [5.74, 6) is 0. The van der Waals surface area contributed by atoms with E-state index in [4.69, 9.17) is 4.74 Å². The van der Waals surface area contributed by atoms with Gasteiger partial charge in [0, 0.05) is 31.1 Å². The molecule has 6 heteroatoms. The highest BCUT2D eigenvalue weighted by Crippen LogP contribution is 2.27. The minimum Gasteiger partial charge on any atom is -0.446 e. The van der Waals surface area contributed by atoms with Crippen molar-refractivity contribution in [2.24, 2.45) is 0 Å². The van der Waals surface area contributed by atoms with Crippen molar-refractivity contribution in [1.29, 1.82) is 0 Å².